The summed E-state index contributed by atoms with van der Waals surface area (Å²) in [6.07, 6.45) is -1.92. The number of halogens is 1. The van der Waals surface area contributed by atoms with Gasteiger partial charge < -0.3 is 15.2 Å². The lowest BCUT2D eigenvalue weighted by Crippen LogP contribution is -2.29. The molecule has 0 spiro atoms. The molecule has 21 heavy (non-hydrogen) atoms. The lowest BCUT2D eigenvalue weighted by Gasteiger charge is -2.17. The molecule has 1 aliphatic rings. The van der Waals surface area contributed by atoms with E-state index in [1.807, 2.05) is 13.8 Å². The maximum absolute atomic E-state index is 13.6. The number of rotatable bonds is 5. The van der Waals surface area contributed by atoms with Crippen molar-refractivity contribution in [2.75, 3.05) is 11.5 Å². The van der Waals surface area contributed by atoms with Crippen molar-refractivity contribution in [3.63, 3.8) is 0 Å². The van der Waals surface area contributed by atoms with Gasteiger partial charge in [0.25, 0.3) is 0 Å². The molecule has 1 heterocycles. The molecular formula is C14H20FNO4S. The first-order valence-electron chi connectivity index (χ1n) is 6.83. The Balaban J connectivity index is 2.09. The van der Waals surface area contributed by atoms with E-state index in [0.717, 1.165) is 0 Å². The minimum absolute atomic E-state index is 0.233. The van der Waals surface area contributed by atoms with Gasteiger partial charge in [-0.3, -0.25) is 0 Å². The van der Waals surface area contributed by atoms with Gasteiger partial charge in [-0.15, -0.1) is 0 Å². The molecule has 2 N–H and O–H groups in total. The van der Waals surface area contributed by atoms with E-state index >= 15 is 0 Å². The lowest BCUT2D eigenvalue weighted by molar-refractivity contribution is 0.0735. The molecular weight excluding hydrogens is 297 g/mol. The highest BCUT2D eigenvalue weighted by molar-refractivity contribution is 7.91. The Morgan fingerprint density at radius 3 is 2.67 bits per heavy atom. The van der Waals surface area contributed by atoms with Crippen molar-refractivity contribution in [2.24, 2.45) is 0 Å². The second-order valence-corrected chi connectivity index (χ2v) is 7.79. The SMILES string of the molecule is CC(C)NCc1cc(F)cc(OC2CS(=O)(=O)CC2O)c1. The molecule has 1 saturated heterocycles. The summed E-state index contributed by atoms with van der Waals surface area (Å²) in [5.74, 6) is -0.779. The molecule has 1 fully saturated rings. The number of hydrogen-bond donors (Lipinski definition) is 2. The third kappa shape index (κ3) is 4.66. The zero-order valence-electron chi connectivity index (χ0n) is 12.0. The monoisotopic (exact) mass is 317 g/mol. The van der Waals surface area contributed by atoms with Crippen LogP contribution in [-0.2, 0) is 16.4 Å². The highest BCUT2D eigenvalue weighted by Crippen LogP contribution is 2.22. The fourth-order valence-electron chi connectivity index (χ4n) is 2.20. The highest BCUT2D eigenvalue weighted by Gasteiger charge is 2.38. The van der Waals surface area contributed by atoms with Gasteiger partial charge in [0, 0.05) is 18.7 Å². The Labute approximate surface area is 124 Å². The minimum atomic E-state index is -3.29. The first-order valence-corrected chi connectivity index (χ1v) is 8.65. The molecule has 118 valence electrons. The Hall–Kier alpha value is -1.18. The number of hydrogen-bond acceptors (Lipinski definition) is 5. The zero-order valence-corrected chi connectivity index (χ0v) is 12.9. The van der Waals surface area contributed by atoms with E-state index in [2.05, 4.69) is 5.32 Å². The average molecular weight is 317 g/mol. The molecule has 2 rings (SSSR count). The largest absolute Gasteiger partial charge is 0.487 e. The normalized spacial score (nSPS) is 24.4. The van der Waals surface area contributed by atoms with E-state index in [4.69, 9.17) is 4.74 Å². The van der Waals surface area contributed by atoms with Crippen LogP contribution in [0.1, 0.15) is 19.4 Å². The van der Waals surface area contributed by atoms with Crippen molar-refractivity contribution >= 4 is 9.84 Å². The molecule has 0 aromatic heterocycles. The van der Waals surface area contributed by atoms with E-state index in [1.54, 1.807) is 6.07 Å². The van der Waals surface area contributed by atoms with Crippen LogP contribution in [0.4, 0.5) is 4.39 Å². The van der Waals surface area contributed by atoms with E-state index in [9.17, 15) is 17.9 Å². The highest BCUT2D eigenvalue weighted by atomic mass is 32.2. The third-order valence-corrected chi connectivity index (χ3v) is 4.89. The van der Waals surface area contributed by atoms with Crippen molar-refractivity contribution in [1.82, 2.24) is 5.32 Å². The number of benzene rings is 1. The Bertz CT molecular complexity index is 603. The van der Waals surface area contributed by atoms with E-state index < -0.39 is 27.9 Å². The molecule has 2 unspecified atom stereocenters. The number of aliphatic hydroxyl groups is 1. The van der Waals surface area contributed by atoms with Gasteiger partial charge >= 0.3 is 0 Å². The molecule has 0 amide bonds. The van der Waals surface area contributed by atoms with Crippen molar-refractivity contribution in [3.05, 3.63) is 29.6 Å². The lowest BCUT2D eigenvalue weighted by atomic mass is 10.2. The molecule has 1 aliphatic heterocycles. The molecule has 7 heteroatoms. The Morgan fingerprint density at radius 1 is 1.38 bits per heavy atom. The summed E-state index contributed by atoms with van der Waals surface area (Å²) in [6.45, 7) is 4.45. The van der Waals surface area contributed by atoms with Crippen LogP contribution >= 0.6 is 0 Å². The van der Waals surface area contributed by atoms with Crippen LogP contribution in [0.15, 0.2) is 18.2 Å². The van der Waals surface area contributed by atoms with Crippen LogP contribution < -0.4 is 10.1 Å². The van der Waals surface area contributed by atoms with Gasteiger partial charge in [-0.2, -0.15) is 0 Å². The van der Waals surface area contributed by atoms with E-state index in [1.165, 1.54) is 12.1 Å². The third-order valence-electron chi connectivity index (χ3n) is 3.21. The standard InChI is InChI=1S/C14H20FNO4S/c1-9(2)16-6-10-3-11(15)5-12(4-10)20-14-8-21(18,19)7-13(14)17/h3-5,9,13-14,16-17H,6-8H2,1-2H3. The van der Waals surface area contributed by atoms with Crippen LogP contribution in [0.3, 0.4) is 0 Å². The molecule has 1 aromatic rings. The Morgan fingerprint density at radius 2 is 2.10 bits per heavy atom. The summed E-state index contributed by atoms with van der Waals surface area (Å²) in [7, 11) is -3.29. The predicted molar refractivity (Wildman–Crippen MR) is 77.5 cm³/mol. The van der Waals surface area contributed by atoms with E-state index in [0.29, 0.717) is 12.1 Å². The molecule has 0 aliphatic carbocycles. The minimum Gasteiger partial charge on any atom is -0.487 e. The summed E-state index contributed by atoms with van der Waals surface area (Å²) in [5, 5.41) is 12.9. The number of sulfone groups is 1. The van der Waals surface area contributed by atoms with Crippen molar-refractivity contribution < 1.29 is 22.7 Å². The maximum atomic E-state index is 13.6. The molecule has 0 saturated carbocycles. The van der Waals surface area contributed by atoms with Gasteiger partial charge in [0.15, 0.2) is 9.84 Å². The second-order valence-electron chi connectivity index (χ2n) is 5.63. The molecule has 5 nitrogen and oxygen atoms in total. The van der Waals surface area contributed by atoms with Gasteiger partial charge in [-0.25, -0.2) is 12.8 Å². The summed E-state index contributed by atoms with van der Waals surface area (Å²) in [5.41, 5.74) is 0.703. The molecule has 0 radical (unpaired) electrons. The summed E-state index contributed by atoms with van der Waals surface area (Å²) in [6, 6.07) is 4.50. The number of aliphatic hydroxyl groups excluding tert-OH is 1. The topological polar surface area (TPSA) is 75.6 Å². The van der Waals surface area contributed by atoms with Crippen molar-refractivity contribution in [3.8, 4) is 5.75 Å². The van der Waals surface area contributed by atoms with Gasteiger partial charge in [0.2, 0.25) is 0 Å². The van der Waals surface area contributed by atoms with Crippen LogP contribution in [0.2, 0.25) is 0 Å². The number of nitrogens with one attached hydrogen (secondary N) is 1. The Kier molecular flexibility index (Phi) is 4.85. The van der Waals surface area contributed by atoms with Crippen LogP contribution in [0, 0.1) is 5.82 Å². The predicted octanol–water partition coefficient (Wildman–Crippen LogP) is 0.860. The summed E-state index contributed by atoms with van der Waals surface area (Å²) >= 11 is 0. The van der Waals surface area contributed by atoms with Crippen molar-refractivity contribution in [1.29, 1.82) is 0 Å². The van der Waals surface area contributed by atoms with Crippen LogP contribution in [0.25, 0.3) is 0 Å². The van der Waals surface area contributed by atoms with Crippen LogP contribution in [0.5, 0.6) is 5.75 Å². The molecule has 2 atom stereocenters. The second kappa shape index (κ2) is 6.29. The smallest absolute Gasteiger partial charge is 0.156 e. The van der Waals surface area contributed by atoms with Gasteiger partial charge in [0.1, 0.15) is 23.8 Å². The van der Waals surface area contributed by atoms with Crippen molar-refractivity contribution in [2.45, 2.75) is 38.6 Å². The fourth-order valence-corrected chi connectivity index (χ4v) is 3.86. The molecule has 1 aromatic carbocycles. The van der Waals surface area contributed by atoms with E-state index in [-0.39, 0.29) is 23.3 Å². The van der Waals surface area contributed by atoms with Gasteiger partial charge in [-0.1, -0.05) is 13.8 Å². The zero-order chi connectivity index (χ0) is 15.6. The average Bonchev–Trinajstić information content (AvgIpc) is 2.59. The maximum Gasteiger partial charge on any atom is 0.156 e. The summed E-state index contributed by atoms with van der Waals surface area (Å²) in [4.78, 5) is 0. The molecule has 0 bridgehead atoms. The van der Waals surface area contributed by atoms with Crippen LogP contribution in [-0.4, -0.2) is 43.3 Å². The quantitative estimate of drug-likeness (QED) is 0.842. The fraction of sp³-hybridized carbons (Fsp3) is 0.571. The van der Waals surface area contributed by atoms with Gasteiger partial charge in [-0.05, 0) is 17.7 Å². The van der Waals surface area contributed by atoms with Gasteiger partial charge in [0.05, 0.1) is 11.5 Å². The first kappa shape index (κ1) is 16.2. The summed E-state index contributed by atoms with van der Waals surface area (Å²) < 4.78 is 41.9. The first-order chi connectivity index (χ1) is 9.75. The number of ether oxygens (including phenoxy) is 1.